The Labute approximate surface area is 190 Å². The number of rotatable bonds is 5. The van der Waals surface area contributed by atoms with Crippen molar-refractivity contribution in [1.82, 2.24) is 0 Å². The quantitative estimate of drug-likeness (QED) is 0.266. The Morgan fingerprint density at radius 2 is 1.85 bits per heavy atom. The number of aromatic hydroxyl groups is 2. The van der Waals surface area contributed by atoms with Gasteiger partial charge in [-0.3, -0.25) is 10.1 Å². The first-order valence-electron chi connectivity index (χ1n) is 9.91. The van der Waals surface area contributed by atoms with Crippen LogP contribution in [0.5, 0.6) is 17.2 Å². The summed E-state index contributed by atoms with van der Waals surface area (Å²) in [5.41, 5.74) is -0.580. The molecule has 0 aliphatic carbocycles. The van der Waals surface area contributed by atoms with Gasteiger partial charge in [0.1, 0.15) is 31.0 Å². The number of nitro groups is 1. The average molecular weight is 477 g/mol. The number of aliphatic hydroxyl groups is 2. The standard InChI is InChI=1S/C21H19NO12/c1-31-17-11(23)6-10-13(15(17)25)18-19(34-21(10)28)16(26)14(24)12(33-18)7-32-20(27)8-2-4-9(5-3-8)22(29)30/h2-6,12,14,16,18-19,23-26H,7H2,1H3/t12-,14-,16+,18+,19-/m1/s1. The van der Waals surface area contributed by atoms with Gasteiger partial charge in [0.25, 0.3) is 5.69 Å². The maximum Gasteiger partial charge on any atom is 0.339 e. The van der Waals surface area contributed by atoms with Gasteiger partial charge in [0, 0.05) is 17.7 Å². The van der Waals surface area contributed by atoms with Crippen LogP contribution in [0.4, 0.5) is 5.69 Å². The summed E-state index contributed by atoms with van der Waals surface area (Å²) in [6, 6.07) is 5.64. The van der Waals surface area contributed by atoms with Crippen LogP contribution in [0.15, 0.2) is 30.3 Å². The van der Waals surface area contributed by atoms with Gasteiger partial charge < -0.3 is 39.4 Å². The van der Waals surface area contributed by atoms with Crippen molar-refractivity contribution in [2.75, 3.05) is 13.7 Å². The number of methoxy groups -OCH3 is 1. The predicted octanol–water partition coefficient (Wildman–Crippen LogP) is 0.572. The smallest absolute Gasteiger partial charge is 0.339 e. The fraction of sp³-hybridized carbons (Fsp3) is 0.333. The Balaban J connectivity index is 1.57. The molecule has 2 aliphatic rings. The van der Waals surface area contributed by atoms with E-state index in [1.165, 1.54) is 19.2 Å². The first kappa shape index (κ1) is 23.2. The molecule has 13 nitrogen and oxygen atoms in total. The SMILES string of the molecule is COc1c(O)cc2c(c1O)[C@@H]1O[C@H](COC(=O)c3ccc([N+](=O)[O-])cc3)[C@@H](O)[C@H](O)[C@H]1OC2=O. The van der Waals surface area contributed by atoms with E-state index in [1.54, 1.807) is 0 Å². The number of nitrogens with zero attached hydrogens (tertiary/aromatic N) is 1. The van der Waals surface area contributed by atoms with Crippen LogP contribution >= 0.6 is 0 Å². The van der Waals surface area contributed by atoms with Crippen molar-refractivity contribution in [2.45, 2.75) is 30.5 Å². The number of phenolic OH excluding ortho intramolecular Hbond substituents is 2. The molecule has 0 amide bonds. The number of fused-ring (bicyclic) bond motifs is 3. The van der Waals surface area contributed by atoms with Crippen LogP contribution in [-0.4, -0.2) is 75.4 Å². The van der Waals surface area contributed by atoms with E-state index in [2.05, 4.69) is 0 Å². The Kier molecular flexibility index (Phi) is 6.00. The number of hydrogen-bond acceptors (Lipinski definition) is 12. The third-order valence-corrected chi connectivity index (χ3v) is 5.61. The van der Waals surface area contributed by atoms with Crippen molar-refractivity contribution in [1.29, 1.82) is 0 Å². The van der Waals surface area contributed by atoms with Crippen molar-refractivity contribution < 1.29 is 53.9 Å². The molecule has 0 spiro atoms. The number of carbonyl (C=O) groups is 2. The summed E-state index contributed by atoms with van der Waals surface area (Å²) in [7, 11) is 1.18. The number of aliphatic hydroxyl groups excluding tert-OH is 2. The van der Waals surface area contributed by atoms with Gasteiger partial charge >= 0.3 is 11.9 Å². The summed E-state index contributed by atoms with van der Waals surface area (Å²) in [5, 5.41) is 52.3. The van der Waals surface area contributed by atoms with Crippen LogP contribution in [-0.2, 0) is 14.2 Å². The average Bonchev–Trinajstić information content (AvgIpc) is 2.81. The minimum atomic E-state index is -1.67. The molecular formula is C21H19NO12. The van der Waals surface area contributed by atoms with Gasteiger partial charge in [0.05, 0.1) is 23.2 Å². The lowest BCUT2D eigenvalue weighted by Gasteiger charge is -2.44. The zero-order chi connectivity index (χ0) is 24.7. The van der Waals surface area contributed by atoms with Crippen LogP contribution in [0.25, 0.3) is 0 Å². The van der Waals surface area contributed by atoms with E-state index in [1.807, 2.05) is 0 Å². The summed E-state index contributed by atoms with van der Waals surface area (Å²) in [5.74, 6) is -3.32. The largest absolute Gasteiger partial charge is 0.504 e. The lowest BCUT2D eigenvalue weighted by atomic mass is 9.86. The monoisotopic (exact) mass is 477 g/mol. The maximum atomic E-state index is 12.4. The van der Waals surface area contributed by atoms with E-state index >= 15 is 0 Å². The van der Waals surface area contributed by atoms with Crippen molar-refractivity contribution in [3.63, 3.8) is 0 Å². The van der Waals surface area contributed by atoms with Gasteiger partial charge in [-0.1, -0.05) is 0 Å². The van der Waals surface area contributed by atoms with Crippen LogP contribution in [0.3, 0.4) is 0 Å². The zero-order valence-corrected chi connectivity index (χ0v) is 17.5. The molecule has 4 rings (SSSR count). The minimum absolute atomic E-state index is 0.00382. The number of nitro benzene ring substituents is 1. The highest BCUT2D eigenvalue weighted by Gasteiger charge is 2.52. The molecule has 2 heterocycles. The van der Waals surface area contributed by atoms with E-state index < -0.39 is 65.5 Å². The number of carbonyl (C=O) groups excluding carboxylic acids is 2. The Morgan fingerprint density at radius 3 is 2.47 bits per heavy atom. The number of phenols is 2. The third-order valence-electron chi connectivity index (χ3n) is 5.61. The molecule has 0 radical (unpaired) electrons. The zero-order valence-electron chi connectivity index (χ0n) is 17.5. The maximum absolute atomic E-state index is 12.4. The van der Waals surface area contributed by atoms with Crippen molar-refractivity contribution in [3.05, 3.63) is 57.1 Å². The molecule has 5 atom stereocenters. The van der Waals surface area contributed by atoms with Crippen LogP contribution in [0.1, 0.15) is 32.4 Å². The summed E-state index contributed by atoms with van der Waals surface area (Å²) >= 11 is 0. The first-order chi connectivity index (χ1) is 16.1. The molecule has 0 aromatic heterocycles. The lowest BCUT2D eigenvalue weighted by Crippen LogP contribution is -2.58. The van der Waals surface area contributed by atoms with Crippen LogP contribution in [0.2, 0.25) is 0 Å². The molecule has 13 heteroatoms. The van der Waals surface area contributed by atoms with Gasteiger partial charge in [0.15, 0.2) is 17.6 Å². The third kappa shape index (κ3) is 3.85. The number of non-ortho nitro benzene ring substituents is 1. The van der Waals surface area contributed by atoms with Crippen molar-refractivity contribution in [3.8, 4) is 17.2 Å². The molecular weight excluding hydrogens is 458 g/mol. The molecule has 2 aliphatic heterocycles. The van der Waals surface area contributed by atoms with Crippen molar-refractivity contribution in [2.24, 2.45) is 0 Å². The van der Waals surface area contributed by atoms with Gasteiger partial charge in [-0.15, -0.1) is 0 Å². The van der Waals surface area contributed by atoms with Crippen molar-refractivity contribution >= 4 is 17.6 Å². The number of ether oxygens (including phenoxy) is 4. The molecule has 0 saturated carbocycles. The van der Waals surface area contributed by atoms with Crippen LogP contribution in [0, 0.1) is 10.1 Å². The highest BCUT2D eigenvalue weighted by Crippen LogP contribution is 2.49. The Bertz CT molecular complexity index is 1150. The fourth-order valence-electron chi connectivity index (χ4n) is 3.90. The Morgan fingerprint density at radius 1 is 1.18 bits per heavy atom. The minimum Gasteiger partial charge on any atom is -0.504 e. The molecule has 2 aromatic rings. The van der Waals surface area contributed by atoms with Crippen LogP contribution < -0.4 is 4.74 Å². The number of esters is 2. The fourth-order valence-corrected chi connectivity index (χ4v) is 3.90. The van der Waals surface area contributed by atoms with Gasteiger partial charge in [0.2, 0.25) is 5.75 Å². The molecule has 0 bridgehead atoms. The summed E-state index contributed by atoms with van der Waals surface area (Å²) in [6.07, 6.45) is -7.30. The number of benzene rings is 2. The molecule has 2 aromatic carbocycles. The number of hydrogen-bond donors (Lipinski definition) is 4. The van der Waals surface area contributed by atoms with E-state index in [4.69, 9.17) is 18.9 Å². The summed E-state index contributed by atoms with van der Waals surface area (Å²) in [4.78, 5) is 34.8. The molecule has 180 valence electrons. The lowest BCUT2D eigenvalue weighted by molar-refractivity contribution is -0.384. The van der Waals surface area contributed by atoms with Gasteiger partial charge in [-0.2, -0.15) is 0 Å². The predicted molar refractivity (Wildman–Crippen MR) is 109 cm³/mol. The second-order valence-electron chi connectivity index (χ2n) is 7.59. The highest BCUT2D eigenvalue weighted by atomic mass is 16.6. The second kappa shape index (κ2) is 8.78. The molecule has 1 fully saturated rings. The molecule has 0 unspecified atom stereocenters. The summed E-state index contributed by atoms with van der Waals surface area (Å²) < 4.78 is 21.0. The highest BCUT2D eigenvalue weighted by molar-refractivity contribution is 5.95. The van der Waals surface area contributed by atoms with E-state index in [0.717, 1.165) is 18.2 Å². The topological polar surface area (TPSA) is 195 Å². The van der Waals surface area contributed by atoms with Gasteiger partial charge in [-0.25, -0.2) is 9.59 Å². The summed E-state index contributed by atoms with van der Waals surface area (Å²) in [6.45, 7) is -0.545. The van der Waals surface area contributed by atoms with E-state index in [-0.39, 0.29) is 28.1 Å². The first-order valence-corrected chi connectivity index (χ1v) is 9.91. The Hall–Kier alpha value is -3.94. The van der Waals surface area contributed by atoms with E-state index in [9.17, 15) is 40.1 Å². The normalized spacial score (nSPS) is 25.5. The molecule has 1 saturated heterocycles. The molecule has 4 N–H and O–H groups in total. The second-order valence-corrected chi connectivity index (χ2v) is 7.59. The van der Waals surface area contributed by atoms with Gasteiger partial charge in [-0.05, 0) is 18.2 Å². The van der Waals surface area contributed by atoms with E-state index in [0.29, 0.717) is 0 Å². The molecule has 34 heavy (non-hydrogen) atoms.